The number of thioether (sulfide) groups is 1. The lowest BCUT2D eigenvalue weighted by Crippen LogP contribution is -2.36. The van der Waals surface area contributed by atoms with Crippen LogP contribution in [-0.2, 0) is 19.2 Å². The number of aliphatic hydroxyl groups excluding tert-OH is 1. The highest BCUT2D eigenvalue weighted by Gasteiger charge is 2.44. The number of amides is 2. The first-order valence-corrected chi connectivity index (χ1v) is 17.3. The molecular weight excluding hydrogens is 629 g/mol. The van der Waals surface area contributed by atoms with Gasteiger partial charge in [0.05, 0.1) is 17.8 Å². The van der Waals surface area contributed by atoms with Crippen LogP contribution in [-0.4, -0.2) is 78.9 Å². The number of carbonyl (C=O) groups excluding carboxylic acids is 2. The molecule has 5 heterocycles. The fraction of sp³-hybridized carbons (Fsp3) is 0.515. The zero-order valence-corrected chi connectivity index (χ0v) is 28.1. The number of rotatable bonds is 13. The van der Waals surface area contributed by atoms with E-state index in [0.717, 1.165) is 34.1 Å². The minimum absolute atomic E-state index is 0.0220. The summed E-state index contributed by atoms with van der Waals surface area (Å²) in [4.78, 5) is 51.7. The van der Waals surface area contributed by atoms with Gasteiger partial charge in [-0.2, -0.15) is 24.4 Å². The average Bonchev–Trinajstić information content (AvgIpc) is 3.55. The smallest absolute Gasteiger partial charge is 0.328 e. The molecular formula is C33H42N4O7S2. The van der Waals surface area contributed by atoms with Gasteiger partial charge in [0.25, 0.3) is 0 Å². The summed E-state index contributed by atoms with van der Waals surface area (Å²) in [6, 6.07) is -0.866. The van der Waals surface area contributed by atoms with E-state index in [-0.39, 0.29) is 53.8 Å². The molecule has 2 unspecified atom stereocenters. The number of carbonyl (C=O) groups is 4. The van der Waals surface area contributed by atoms with Gasteiger partial charge in [0.15, 0.2) is 0 Å². The number of aliphatic carboxylic acids is 2. The highest BCUT2D eigenvalue weighted by molar-refractivity contribution is 8.07. The Morgan fingerprint density at radius 3 is 2.41 bits per heavy atom. The highest BCUT2D eigenvalue weighted by Crippen LogP contribution is 2.42. The van der Waals surface area contributed by atoms with Crippen molar-refractivity contribution in [3.05, 3.63) is 56.6 Å². The van der Waals surface area contributed by atoms with Crippen molar-refractivity contribution in [2.45, 2.75) is 82.9 Å². The maximum Gasteiger partial charge on any atom is 0.328 e. The molecule has 2 saturated heterocycles. The summed E-state index contributed by atoms with van der Waals surface area (Å²) < 4.78 is 0. The quantitative estimate of drug-likeness (QED) is 0.0887. The standard InChI is InChI=1S/C33H42N4O7S2/c1-14-18(5-7-26(38)39)23(34-21(14)11-22-17(4)28(25-13-46-25)33(44)36-22)12-24-19(6-8-27(40)41)15(2)29(35-24)31(42)30-20(9-10-45)16(3)32(43)37-30/h6,8,12,16,20-22,25,30-31,34-35,42,45H,5,7,9-11,13H2,1-4H3,(H,36,44)(H,37,43)(H,38,39)(H,40,41)/b8-6+,23-12+/t16-,20-,21?,22-,25-,30?,31+/m1/s1. The largest absolute Gasteiger partial charge is 0.481 e. The molecule has 1 aromatic rings. The van der Waals surface area contributed by atoms with Gasteiger partial charge in [-0.15, -0.1) is 0 Å². The zero-order valence-electron chi connectivity index (χ0n) is 26.3. The first-order chi connectivity index (χ1) is 21.8. The van der Waals surface area contributed by atoms with Crippen molar-refractivity contribution in [3.8, 4) is 0 Å². The predicted octanol–water partition coefficient (Wildman–Crippen LogP) is 3.34. The summed E-state index contributed by atoms with van der Waals surface area (Å²) in [5.74, 6) is -1.13. The van der Waals surface area contributed by atoms with Crippen molar-refractivity contribution in [2.75, 3.05) is 11.5 Å². The Labute approximate surface area is 277 Å². The predicted molar refractivity (Wildman–Crippen MR) is 180 cm³/mol. The Bertz CT molecular complexity index is 1570. The minimum Gasteiger partial charge on any atom is -0.481 e. The van der Waals surface area contributed by atoms with Crippen molar-refractivity contribution < 1.29 is 34.5 Å². The van der Waals surface area contributed by atoms with Crippen LogP contribution in [0.25, 0.3) is 12.2 Å². The summed E-state index contributed by atoms with van der Waals surface area (Å²) in [5.41, 5.74) is 6.61. The molecule has 11 nitrogen and oxygen atoms in total. The lowest BCUT2D eigenvalue weighted by atomic mass is 9.85. The van der Waals surface area contributed by atoms with Crippen molar-refractivity contribution in [1.82, 2.24) is 20.9 Å². The van der Waals surface area contributed by atoms with Gasteiger partial charge >= 0.3 is 11.9 Å². The Kier molecular flexibility index (Phi) is 10.1. The van der Waals surface area contributed by atoms with Gasteiger partial charge in [0.2, 0.25) is 11.8 Å². The van der Waals surface area contributed by atoms with Gasteiger partial charge in [-0.3, -0.25) is 14.4 Å². The molecule has 4 aliphatic heterocycles. The molecule has 0 spiro atoms. The van der Waals surface area contributed by atoms with Crippen LogP contribution in [0.15, 0.2) is 34.1 Å². The molecule has 7 atom stereocenters. The number of allylic oxidation sites excluding steroid dienone is 1. The van der Waals surface area contributed by atoms with Crippen LogP contribution in [0.3, 0.4) is 0 Å². The third-order valence-electron chi connectivity index (χ3n) is 9.84. The van der Waals surface area contributed by atoms with Crippen LogP contribution in [0.2, 0.25) is 0 Å². The Hall–Kier alpha value is -3.42. The zero-order chi connectivity index (χ0) is 33.4. The fourth-order valence-corrected chi connectivity index (χ4v) is 8.11. The number of nitrogens with one attached hydrogen (secondary N) is 4. The summed E-state index contributed by atoms with van der Waals surface area (Å²) in [7, 11) is 0. The summed E-state index contributed by atoms with van der Waals surface area (Å²) >= 11 is 6.11. The van der Waals surface area contributed by atoms with Crippen LogP contribution >= 0.6 is 24.4 Å². The van der Waals surface area contributed by atoms with E-state index >= 15 is 0 Å². The molecule has 2 amide bonds. The molecule has 1 aromatic heterocycles. The second-order valence-corrected chi connectivity index (χ2v) is 14.3. The Balaban J connectivity index is 1.50. The number of H-pyrrole nitrogens is 1. The lowest BCUT2D eigenvalue weighted by Gasteiger charge is -2.25. The molecule has 0 bridgehead atoms. The maximum atomic E-state index is 12.7. The normalized spacial score (nSPS) is 29.1. The minimum atomic E-state index is -1.13. The van der Waals surface area contributed by atoms with E-state index in [1.165, 1.54) is 6.08 Å². The SMILES string of the molecule is CC1=C(CCC(=O)O)/C(=C\c2[nH]c([C@H](O)C3NC(=O)[C@H](C)[C@H]3CCS)c(C)c2/C=C/C(=O)O)NC1C[C@H]1NC(=O)C([C@H]2CS2)=C1C. The molecule has 7 N–H and O–H groups in total. The van der Waals surface area contributed by atoms with Gasteiger partial charge in [0, 0.05) is 58.0 Å². The molecule has 4 aliphatic rings. The third kappa shape index (κ3) is 6.82. The van der Waals surface area contributed by atoms with E-state index in [4.69, 9.17) is 0 Å². The number of carboxylic acid groups (broad SMARTS) is 2. The lowest BCUT2D eigenvalue weighted by molar-refractivity contribution is -0.137. The van der Waals surface area contributed by atoms with Gasteiger partial charge in [-0.05, 0) is 86.1 Å². The number of carboxylic acids is 2. The Morgan fingerprint density at radius 2 is 1.78 bits per heavy atom. The van der Waals surface area contributed by atoms with Crippen LogP contribution in [0, 0.1) is 18.8 Å². The van der Waals surface area contributed by atoms with E-state index in [1.54, 1.807) is 18.7 Å². The molecule has 13 heteroatoms. The highest BCUT2D eigenvalue weighted by atomic mass is 32.2. The molecule has 0 radical (unpaired) electrons. The second-order valence-electron chi connectivity index (χ2n) is 12.6. The topological polar surface area (TPSA) is 181 Å². The van der Waals surface area contributed by atoms with Crippen LogP contribution < -0.4 is 16.0 Å². The van der Waals surface area contributed by atoms with Crippen molar-refractivity contribution in [3.63, 3.8) is 0 Å². The monoisotopic (exact) mass is 670 g/mol. The van der Waals surface area contributed by atoms with Crippen molar-refractivity contribution in [2.24, 2.45) is 11.8 Å². The van der Waals surface area contributed by atoms with Crippen molar-refractivity contribution in [1.29, 1.82) is 0 Å². The number of aromatic nitrogens is 1. The van der Waals surface area contributed by atoms with Gasteiger partial charge < -0.3 is 36.3 Å². The van der Waals surface area contributed by atoms with E-state index in [0.29, 0.717) is 46.8 Å². The number of thiol groups is 1. The molecule has 248 valence electrons. The third-order valence-corrected chi connectivity index (χ3v) is 11.0. The average molecular weight is 671 g/mol. The molecule has 0 saturated carbocycles. The van der Waals surface area contributed by atoms with Crippen LogP contribution in [0.1, 0.15) is 75.1 Å². The summed E-state index contributed by atoms with van der Waals surface area (Å²) in [5, 5.41) is 40.4. The molecule has 46 heavy (non-hydrogen) atoms. The molecule has 5 rings (SSSR count). The van der Waals surface area contributed by atoms with E-state index < -0.39 is 24.1 Å². The van der Waals surface area contributed by atoms with E-state index in [1.807, 2.05) is 26.8 Å². The van der Waals surface area contributed by atoms with Gasteiger partial charge in [-0.25, -0.2) is 4.79 Å². The number of aromatic amines is 1. The van der Waals surface area contributed by atoms with E-state index in [2.05, 4.69) is 33.6 Å². The van der Waals surface area contributed by atoms with E-state index in [9.17, 15) is 34.5 Å². The number of hydrogen-bond acceptors (Lipinski definition) is 8. The van der Waals surface area contributed by atoms with Crippen LogP contribution in [0.5, 0.6) is 0 Å². The van der Waals surface area contributed by atoms with Crippen molar-refractivity contribution >= 4 is 60.3 Å². The summed E-state index contributed by atoms with van der Waals surface area (Å²) in [6.45, 7) is 7.59. The number of hydrogen-bond donors (Lipinski definition) is 8. The summed E-state index contributed by atoms with van der Waals surface area (Å²) in [6.07, 6.45) is 4.66. The fourth-order valence-electron chi connectivity index (χ4n) is 7.09. The molecule has 0 aromatic carbocycles. The second kappa shape index (κ2) is 13.7. The van der Waals surface area contributed by atoms with Crippen LogP contribution in [0.4, 0.5) is 0 Å². The maximum absolute atomic E-state index is 12.7. The number of aliphatic hydroxyl groups is 1. The van der Waals surface area contributed by atoms with Gasteiger partial charge in [-0.1, -0.05) is 6.92 Å². The first-order valence-electron chi connectivity index (χ1n) is 15.6. The molecule has 2 fully saturated rings. The first kappa shape index (κ1) is 33.9. The Morgan fingerprint density at radius 1 is 1.09 bits per heavy atom. The van der Waals surface area contributed by atoms with Gasteiger partial charge in [0.1, 0.15) is 6.10 Å². The molecule has 0 aliphatic carbocycles.